The van der Waals surface area contributed by atoms with Crippen LogP contribution in [0, 0.1) is 6.92 Å². The van der Waals surface area contributed by atoms with Gasteiger partial charge < -0.3 is 10.1 Å². The summed E-state index contributed by atoms with van der Waals surface area (Å²) in [5.41, 5.74) is 3.58. The first-order valence-electron chi connectivity index (χ1n) is 8.53. The molecule has 1 atom stereocenters. The standard InChI is InChI=1S/C19H26BrN3O/c1-5-13(3)16-7-8-17(15(6-2)11-16)24-10-9-21-19-18(20)14(4)22-12-23-19/h7-8,11-13H,5-6,9-10H2,1-4H3,(H,21,22,23). The third kappa shape index (κ3) is 4.69. The number of aromatic nitrogens is 2. The summed E-state index contributed by atoms with van der Waals surface area (Å²) < 4.78 is 6.87. The Morgan fingerprint density at radius 2 is 2.04 bits per heavy atom. The van der Waals surface area contributed by atoms with Gasteiger partial charge in [0.05, 0.1) is 16.7 Å². The monoisotopic (exact) mass is 391 g/mol. The molecule has 5 heteroatoms. The number of anilines is 1. The third-order valence-electron chi connectivity index (χ3n) is 4.26. The lowest BCUT2D eigenvalue weighted by molar-refractivity contribution is 0.329. The van der Waals surface area contributed by atoms with Gasteiger partial charge in [0.1, 0.15) is 24.5 Å². The van der Waals surface area contributed by atoms with Gasteiger partial charge >= 0.3 is 0 Å². The third-order valence-corrected chi connectivity index (χ3v) is 5.21. The summed E-state index contributed by atoms with van der Waals surface area (Å²) in [6.45, 7) is 9.87. The second-order valence-corrected chi connectivity index (χ2v) is 6.72. The molecule has 1 aromatic carbocycles. The Hall–Kier alpha value is -1.62. The highest BCUT2D eigenvalue weighted by atomic mass is 79.9. The minimum Gasteiger partial charge on any atom is -0.491 e. The summed E-state index contributed by atoms with van der Waals surface area (Å²) in [6, 6.07) is 6.56. The molecular weight excluding hydrogens is 366 g/mol. The van der Waals surface area contributed by atoms with Gasteiger partial charge in [-0.3, -0.25) is 0 Å². The SMILES string of the molecule is CCc1cc(C(C)CC)ccc1OCCNc1ncnc(C)c1Br. The zero-order chi connectivity index (χ0) is 17.5. The van der Waals surface area contributed by atoms with E-state index in [0.717, 1.165) is 34.6 Å². The van der Waals surface area contributed by atoms with Gasteiger partial charge in [-0.25, -0.2) is 9.97 Å². The van der Waals surface area contributed by atoms with Crippen LogP contribution in [0.15, 0.2) is 29.0 Å². The highest BCUT2D eigenvalue weighted by molar-refractivity contribution is 9.10. The second-order valence-electron chi connectivity index (χ2n) is 5.93. The second kappa shape index (κ2) is 9.02. The molecule has 4 nitrogen and oxygen atoms in total. The molecule has 1 N–H and O–H groups in total. The predicted molar refractivity (Wildman–Crippen MR) is 103 cm³/mol. The van der Waals surface area contributed by atoms with Crippen LogP contribution < -0.4 is 10.1 Å². The van der Waals surface area contributed by atoms with Crippen LogP contribution in [0.1, 0.15) is 49.9 Å². The van der Waals surface area contributed by atoms with Gasteiger partial charge in [-0.05, 0) is 58.8 Å². The molecule has 0 saturated carbocycles. The summed E-state index contributed by atoms with van der Waals surface area (Å²) in [6.07, 6.45) is 3.69. The van der Waals surface area contributed by atoms with Crippen molar-refractivity contribution in [3.63, 3.8) is 0 Å². The molecule has 0 fully saturated rings. The molecule has 24 heavy (non-hydrogen) atoms. The van der Waals surface area contributed by atoms with Gasteiger partial charge in [-0.15, -0.1) is 0 Å². The Kier molecular flexibility index (Phi) is 7.03. The van der Waals surface area contributed by atoms with E-state index in [4.69, 9.17) is 4.74 Å². The normalized spacial score (nSPS) is 12.0. The Morgan fingerprint density at radius 1 is 1.25 bits per heavy atom. The van der Waals surface area contributed by atoms with Crippen LogP contribution in [0.2, 0.25) is 0 Å². The Labute approximate surface area is 153 Å². The van der Waals surface area contributed by atoms with E-state index in [1.54, 1.807) is 6.33 Å². The predicted octanol–water partition coefficient (Wildman–Crippen LogP) is 5.11. The summed E-state index contributed by atoms with van der Waals surface area (Å²) >= 11 is 3.50. The number of ether oxygens (including phenoxy) is 1. The molecule has 0 aliphatic carbocycles. The van der Waals surface area contributed by atoms with Gasteiger partial charge in [0.2, 0.25) is 0 Å². The average molecular weight is 392 g/mol. The number of hydrogen-bond donors (Lipinski definition) is 1. The maximum absolute atomic E-state index is 5.97. The lowest BCUT2D eigenvalue weighted by Gasteiger charge is -2.15. The molecule has 0 aliphatic rings. The van der Waals surface area contributed by atoms with Crippen LogP contribution in [-0.4, -0.2) is 23.1 Å². The number of benzene rings is 1. The van der Waals surface area contributed by atoms with Crippen molar-refractivity contribution in [1.82, 2.24) is 9.97 Å². The number of nitrogens with one attached hydrogen (secondary N) is 1. The van der Waals surface area contributed by atoms with Crippen molar-refractivity contribution in [2.24, 2.45) is 0 Å². The number of halogens is 1. The first kappa shape index (κ1) is 18.7. The Bertz CT molecular complexity index is 676. The summed E-state index contributed by atoms with van der Waals surface area (Å²) in [4.78, 5) is 8.37. The molecule has 2 aromatic rings. The summed E-state index contributed by atoms with van der Waals surface area (Å²) in [7, 11) is 0. The van der Waals surface area contributed by atoms with Crippen molar-refractivity contribution < 1.29 is 4.74 Å². The lowest BCUT2D eigenvalue weighted by Crippen LogP contribution is -2.14. The van der Waals surface area contributed by atoms with Crippen molar-refractivity contribution in [3.05, 3.63) is 45.8 Å². The van der Waals surface area contributed by atoms with Crippen LogP contribution in [0.3, 0.4) is 0 Å². The van der Waals surface area contributed by atoms with Crippen LogP contribution in [-0.2, 0) is 6.42 Å². The van der Waals surface area contributed by atoms with Gasteiger partial charge in [-0.2, -0.15) is 0 Å². The molecule has 130 valence electrons. The average Bonchev–Trinajstić information content (AvgIpc) is 2.61. The van der Waals surface area contributed by atoms with E-state index in [2.05, 4.69) is 70.2 Å². The molecule has 2 rings (SSSR count). The molecule has 0 saturated heterocycles. The summed E-state index contributed by atoms with van der Waals surface area (Å²) in [5, 5.41) is 3.28. The smallest absolute Gasteiger partial charge is 0.144 e. The van der Waals surface area contributed by atoms with Crippen molar-refractivity contribution in [1.29, 1.82) is 0 Å². The van der Waals surface area contributed by atoms with E-state index in [1.807, 2.05) is 6.92 Å². The van der Waals surface area contributed by atoms with Crippen LogP contribution in [0.4, 0.5) is 5.82 Å². The zero-order valence-electron chi connectivity index (χ0n) is 14.9. The molecule has 1 heterocycles. The fourth-order valence-electron chi connectivity index (χ4n) is 2.47. The van der Waals surface area contributed by atoms with Crippen molar-refractivity contribution in [3.8, 4) is 5.75 Å². The topological polar surface area (TPSA) is 47.0 Å². The first-order valence-corrected chi connectivity index (χ1v) is 9.32. The maximum atomic E-state index is 5.97. The Morgan fingerprint density at radius 3 is 2.75 bits per heavy atom. The van der Waals surface area contributed by atoms with Crippen LogP contribution in [0.5, 0.6) is 5.75 Å². The van der Waals surface area contributed by atoms with E-state index >= 15 is 0 Å². The molecule has 0 aliphatic heterocycles. The molecule has 0 bridgehead atoms. The molecule has 0 spiro atoms. The summed E-state index contributed by atoms with van der Waals surface area (Å²) in [5.74, 6) is 2.36. The molecule has 0 amide bonds. The minimum absolute atomic E-state index is 0.587. The largest absolute Gasteiger partial charge is 0.491 e. The van der Waals surface area contributed by atoms with Crippen molar-refractivity contribution >= 4 is 21.7 Å². The van der Waals surface area contributed by atoms with E-state index in [-0.39, 0.29) is 0 Å². The highest BCUT2D eigenvalue weighted by Crippen LogP contribution is 2.26. The van der Waals surface area contributed by atoms with Gasteiger partial charge in [0.25, 0.3) is 0 Å². The van der Waals surface area contributed by atoms with Gasteiger partial charge in [0, 0.05) is 0 Å². The zero-order valence-corrected chi connectivity index (χ0v) is 16.5. The molecule has 1 unspecified atom stereocenters. The number of rotatable bonds is 8. The molecule has 1 aromatic heterocycles. The van der Waals surface area contributed by atoms with Gasteiger partial charge in [-0.1, -0.05) is 32.9 Å². The van der Waals surface area contributed by atoms with E-state index in [1.165, 1.54) is 11.1 Å². The van der Waals surface area contributed by atoms with Crippen molar-refractivity contribution in [2.75, 3.05) is 18.5 Å². The van der Waals surface area contributed by atoms with E-state index in [9.17, 15) is 0 Å². The van der Waals surface area contributed by atoms with E-state index in [0.29, 0.717) is 19.1 Å². The van der Waals surface area contributed by atoms with Crippen LogP contribution >= 0.6 is 15.9 Å². The fourth-order valence-corrected chi connectivity index (χ4v) is 2.82. The number of hydrogen-bond acceptors (Lipinski definition) is 4. The molecule has 0 radical (unpaired) electrons. The first-order chi connectivity index (χ1) is 11.6. The highest BCUT2D eigenvalue weighted by Gasteiger charge is 2.08. The minimum atomic E-state index is 0.587. The maximum Gasteiger partial charge on any atom is 0.144 e. The molecular formula is C19H26BrN3O. The van der Waals surface area contributed by atoms with Crippen LogP contribution in [0.25, 0.3) is 0 Å². The van der Waals surface area contributed by atoms with E-state index < -0.39 is 0 Å². The lowest BCUT2D eigenvalue weighted by atomic mass is 9.96. The quantitative estimate of drug-likeness (QED) is 0.634. The Balaban J connectivity index is 1.93. The van der Waals surface area contributed by atoms with Crippen molar-refractivity contribution in [2.45, 2.75) is 46.5 Å². The number of aryl methyl sites for hydroxylation is 2. The number of nitrogens with zero attached hydrogens (tertiary/aromatic N) is 2. The fraction of sp³-hybridized carbons (Fsp3) is 0.474. The van der Waals surface area contributed by atoms with Gasteiger partial charge in [0.15, 0.2) is 0 Å².